The van der Waals surface area contributed by atoms with E-state index in [1.807, 2.05) is 24.3 Å². The number of alkyl halides is 1. The highest BCUT2D eigenvalue weighted by atomic mass is 79.9. The summed E-state index contributed by atoms with van der Waals surface area (Å²) in [5, 5.41) is 0. The number of para-hydroxylation sites is 1. The van der Waals surface area contributed by atoms with Gasteiger partial charge in [0, 0.05) is 5.56 Å². The summed E-state index contributed by atoms with van der Waals surface area (Å²) in [6.07, 6.45) is 5.17. The van der Waals surface area contributed by atoms with E-state index in [9.17, 15) is 0 Å². The summed E-state index contributed by atoms with van der Waals surface area (Å²) >= 11 is 3.54. The van der Waals surface area contributed by atoms with Crippen LogP contribution in [0, 0.1) is 12.3 Å². The molecule has 1 heterocycles. The van der Waals surface area contributed by atoms with E-state index in [4.69, 9.17) is 15.9 Å². The van der Waals surface area contributed by atoms with Gasteiger partial charge >= 0.3 is 0 Å². The zero-order valence-corrected chi connectivity index (χ0v) is 9.74. The van der Waals surface area contributed by atoms with Gasteiger partial charge in [0.25, 0.3) is 0 Å². The lowest BCUT2D eigenvalue weighted by molar-refractivity contribution is 0.0514. The Bertz CT molecular complexity index is 383. The molecular formula is C12H11BrO2. The second-order valence-corrected chi connectivity index (χ2v) is 4.48. The van der Waals surface area contributed by atoms with Gasteiger partial charge in [-0.2, -0.15) is 0 Å². The first-order valence-electron chi connectivity index (χ1n) is 4.74. The lowest BCUT2D eigenvalue weighted by Crippen LogP contribution is -2.28. The summed E-state index contributed by atoms with van der Waals surface area (Å²) < 4.78 is 11.2. The quantitative estimate of drug-likeness (QED) is 0.605. The maximum Gasteiger partial charge on any atom is 0.125 e. The van der Waals surface area contributed by atoms with Crippen LogP contribution < -0.4 is 4.74 Å². The summed E-state index contributed by atoms with van der Waals surface area (Å²) in [4.78, 5) is 0.153. The molecule has 2 unspecified atom stereocenters. The minimum atomic E-state index is -0.0222. The Labute approximate surface area is 97.7 Å². The molecule has 1 aliphatic rings. The number of fused-ring (bicyclic) bond motifs is 1. The van der Waals surface area contributed by atoms with Gasteiger partial charge in [0.05, 0.1) is 4.83 Å². The van der Waals surface area contributed by atoms with Gasteiger partial charge < -0.3 is 9.47 Å². The molecule has 0 spiro atoms. The molecule has 2 nitrogen and oxygen atoms in total. The molecule has 0 radical (unpaired) electrons. The van der Waals surface area contributed by atoms with Crippen LogP contribution in [0.5, 0.6) is 5.75 Å². The number of ether oxygens (including phenoxy) is 2. The van der Waals surface area contributed by atoms with Crippen LogP contribution in [0.25, 0.3) is 0 Å². The Morgan fingerprint density at radius 1 is 1.53 bits per heavy atom. The molecule has 15 heavy (non-hydrogen) atoms. The predicted octanol–water partition coefficient (Wildman–Crippen LogP) is 2.53. The van der Waals surface area contributed by atoms with Crippen molar-refractivity contribution in [1.29, 1.82) is 0 Å². The molecule has 0 aromatic heterocycles. The van der Waals surface area contributed by atoms with Crippen LogP contribution in [0.1, 0.15) is 11.7 Å². The fraction of sp³-hybridized carbons (Fsp3) is 0.333. The van der Waals surface area contributed by atoms with Gasteiger partial charge in [-0.25, -0.2) is 0 Å². The van der Waals surface area contributed by atoms with Crippen LogP contribution in [0.2, 0.25) is 0 Å². The number of rotatable bonds is 2. The van der Waals surface area contributed by atoms with E-state index in [1.165, 1.54) is 0 Å². The topological polar surface area (TPSA) is 18.5 Å². The van der Waals surface area contributed by atoms with E-state index in [-0.39, 0.29) is 10.9 Å². The molecular weight excluding hydrogens is 256 g/mol. The molecule has 0 saturated carbocycles. The number of benzene rings is 1. The summed E-state index contributed by atoms with van der Waals surface area (Å²) in [7, 11) is 0. The normalized spacial score (nSPS) is 23.7. The minimum Gasteiger partial charge on any atom is -0.492 e. The molecule has 0 N–H and O–H groups in total. The Morgan fingerprint density at radius 2 is 2.33 bits per heavy atom. The lowest BCUT2D eigenvalue weighted by Gasteiger charge is -2.29. The third-order valence-electron chi connectivity index (χ3n) is 2.30. The van der Waals surface area contributed by atoms with Gasteiger partial charge in [-0.1, -0.05) is 40.0 Å². The summed E-state index contributed by atoms with van der Waals surface area (Å²) in [6, 6.07) is 7.87. The minimum absolute atomic E-state index is 0.0222. The zero-order valence-electron chi connectivity index (χ0n) is 8.15. The fourth-order valence-corrected chi connectivity index (χ4v) is 2.20. The second-order valence-electron chi connectivity index (χ2n) is 3.30. The van der Waals surface area contributed by atoms with Crippen molar-refractivity contribution in [1.82, 2.24) is 0 Å². The molecule has 1 aromatic rings. The molecule has 0 fully saturated rings. The molecule has 0 bridgehead atoms. The average Bonchev–Trinajstić information content (AvgIpc) is 2.28. The van der Waals surface area contributed by atoms with Crippen LogP contribution >= 0.6 is 15.9 Å². The monoisotopic (exact) mass is 266 g/mol. The third kappa shape index (κ3) is 2.17. The van der Waals surface area contributed by atoms with Crippen molar-refractivity contribution in [2.24, 2.45) is 0 Å². The van der Waals surface area contributed by atoms with Crippen LogP contribution in [0.4, 0.5) is 0 Å². The standard InChI is InChI=1S/C12H11BrO2/c1-2-7-14-12-9-5-3-4-6-11(9)15-8-10(12)13/h1,3-6,10,12H,7-8H2. The van der Waals surface area contributed by atoms with E-state index in [2.05, 4.69) is 21.9 Å². The molecule has 0 amide bonds. The Balaban J connectivity index is 2.25. The first-order chi connectivity index (χ1) is 7.33. The molecule has 0 aliphatic carbocycles. The van der Waals surface area contributed by atoms with Crippen LogP contribution in [-0.2, 0) is 4.74 Å². The van der Waals surface area contributed by atoms with E-state index < -0.39 is 0 Å². The molecule has 78 valence electrons. The van der Waals surface area contributed by atoms with Crippen molar-refractivity contribution < 1.29 is 9.47 Å². The molecule has 2 rings (SSSR count). The van der Waals surface area contributed by atoms with Gasteiger partial charge in [-0.05, 0) is 6.07 Å². The number of hydrogen-bond donors (Lipinski definition) is 0. The first kappa shape index (κ1) is 10.5. The largest absolute Gasteiger partial charge is 0.492 e. The molecule has 3 heteroatoms. The third-order valence-corrected chi connectivity index (χ3v) is 3.04. The van der Waals surface area contributed by atoms with E-state index in [1.54, 1.807) is 0 Å². The lowest BCUT2D eigenvalue weighted by atomic mass is 10.0. The predicted molar refractivity (Wildman–Crippen MR) is 62.2 cm³/mol. The Kier molecular flexibility index (Phi) is 3.30. The van der Waals surface area contributed by atoms with Gasteiger partial charge in [-0.3, -0.25) is 0 Å². The summed E-state index contributed by atoms with van der Waals surface area (Å²) in [5.41, 5.74) is 1.06. The van der Waals surface area contributed by atoms with Crippen LogP contribution in [-0.4, -0.2) is 18.0 Å². The second kappa shape index (κ2) is 4.69. The van der Waals surface area contributed by atoms with Crippen molar-refractivity contribution >= 4 is 15.9 Å². The Hall–Kier alpha value is -0.980. The SMILES string of the molecule is C#CCOC1c2ccccc2OCC1Br. The summed E-state index contributed by atoms with van der Waals surface area (Å²) in [5.74, 6) is 3.37. The molecule has 1 aliphatic heterocycles. The first-order valence-corrected chi connectivity index (χ1v) is 5.65. The smallest absolute Gasteiger partial charge is 0.125 e. The van der Waals surface area contributed by atoms with Gasteiger partial charge in [0.15, 0.2) is 0 Å². The maximum atomic E-state index is 5.61. The number of halogens is 1. The number of hydrogen-bond acceptors (Lipinski definition) is 2. The van der Waals surface area contributed by atoms with Crippen molar-refractivity contribution in [3.05, 3.63) is 29.8 Å². The Morgan fingerprint density at radius 3 is 3.13 bits per heavy atom. The van der Waals surface area contributed by atoms with Gasteiger partial charge in [-0.15, -0.1) is 6.42 Å². The highest BCUT2D eigenvalue weighted by Crippen LogP contribution is 2.37. The van der Waals surface area contributed by atoms with E-state index in [0.717, 1.165) is 11.3 Å². The van der Waals surface area contributed by atoms with Crippen molar-refractivity contribution in [3.63, 3.8) is 0 Å². The van der Waals surface area contributed by atoms with Crippen molar-refractivity contribution in [2.45, 2.75) is 10.9 Å². The molecule has 2 atom stereocenters. The van der Waals surface area contributed by atoms with Crippen molar-refractivity contribution in [3.8, 4) is 18.1 Å². The fourth-order valence-electron chi connectivity index (χ4n) is 1.63. The van der Waals surface area contributed by atoms with Gasteiger partial charge in [0.1, 0.15) is 25.1 Å². The van der Waals surface area contributed by atoms with Gasteiger partial charge in [0.2, 0.25) is 0 Å². The number of terminal acetylenes is 1. The average molecular weight is 267 g/mol. The maximum absolute atomic E-state index is 5.61. The highest BCUT2D eigenvalue weighted by Gasteiger charge is 2.29. The van der Waals surface area contributed by atoms with Crippen LogP contribution in [0.15, 0.2) is 24.3 Å². The van der Waals surface area contributed by atoms with Crippen LogP contribution in [0.3, 0.4) is 0 Å². The van der Waals surface area contributed by atoms with E-state index >= 15 is 0 Å². The molecule has 0 saturated heterocycles. The highest BCUT2D eigenvalue weighted by molar-refractivity contribution is 9.09. The molecule has 1 aromatic carbocycles. The van der Waals surface area contributed by atoms with Crippen molar-refractivity contribution in [2.75, 3.05) is 13.2 Å². The zero-order chi connectivity index (χ0) is 10.7. The summed E-state index contributed by atoms with van der Waals surface area (Å²) in [6.45, 7) is 0.924. The van der Waals surface area contributed by atoms with E-state index in [0.29, 0.717) is 13.2 Å².